The molecule has 4 nitrogen and oxygen atoms in total. The van der Waals surface area contributed by atoms with Gasteiger partial charge in [-0.25, -0.2) is 0 Å². The fourth-order valence-electron chi connectivity index (χ4n) is 3.59. The van der Waals surface area contributed by atoms with Crippen LogP contribution in [0, 0.1) is 7.14 Å². The van der Waals surface area contributed by atoms with Gasteiger partial charge in [-0.3, -0.25) is 4.79 Å². The molecule has 0 aliphatic carbocycles. The van der Waals surface area contributed by atoms with Crippen LogP contribution in [0.25, 0.3) is 11.0 Å². The molecule has 0 bridgehead atoms. The van der Waals surface area contributed by atoms with Gasteiger partial charge in [0, 0.05) is 23.9 Å². The molecule has 2 aromatic carbocycles. The number of benzene rings is 2. The average molecular weight is 646 g/mol. The normalized spacial score (nSPS) is 11.9. The highest BCUT2D eigenvalue weighted by molar-refractivity contribution is 14.1. The fourth-order valence-corrected chi connectivity index (χ4v) is 5.67. The van der Waals surface area contributed by atoms with Gasteiger partial charge in [-0.1, -0.05) is 45.4 Å². The van der Waals surface area contributed by atoms with Gasteiger partial charge in [0.1, 0.15) is 23.7 Å². The van der Waals surface area contributed by atoms with Crippen molar-refractivity contribution in [2.24, 2.45) is 0 Å². The third-order valence-electron chi connectivity index (χ3n) is 5.40. The molecule has 0 radical (unpaired) electrons. The highest BCUT2D eigenvalue weighted by Gasteiger charge is 2.23. The second kappa shape index (κ2) is 11.7. The van der Waals surface area contributed by atoms with E-state index in [4.69, 9.17) is 10.5 Å². The van der Waals surface area contributed by atoms with Gasteiger partial charge in [0.25, 0.3) is 0 Å². The van der Waals surface area contributed by atoms with E-state index in [0.717, 1.165) is 50.8 Å². The molecular weight excluding hydrogens is 616 g/mol. The molecule has 0 N–H and O–H groups in total. The molecule has 0 saturated carbocycles. The quantitative estimate of drug-likeness (QED) is 0.167. The number of furan rings is 1. The molecule has 0 aliphatic heterocycles. The summed E-state index contributed by atoms with van der Waals surface area (Å²) in [4.78, 5) is 15.9. The highest BCUT2D eigenvalue weighted by Crippen LogP contribution is 2.33. The first-order valence-electron chi connectivity index (χ1n) is 11.3. The third-order valence-corrected chi connectivity index (χ3v) is 7.00. The SMILES string of the molecule is [2H]c1ccc2c(C(=O)c3cc(I)c(OCCN(CC)CC)c(I)c3)c(CCCC)oc2c1. The van der Waals surface area contributed by atoms with E-state index in [0.29, 0.717) is 41.5 Å². The second-order valence-electron chi connectivity index (χ2n) is 7.40. The number of ketones is 1. The Morgan fingerprint density at radius 3 is 2.52 bits per heavy atom. The van der Waals surface area contributed by atoms with Crippen LogP contribution in [0.15, 0.2) is 40.8 Å². The Labute approximate surface area is 213 Å². The summed E-state index contributed by atoms with van der Waals surface area (Å²) >= 11 is 4.50. The Hall–Kier alpha value is -1.13. The van der Waals surface area contributed by atoms with Crippen molar-refractivity contribution in [2.75, 3.05) is 26.2 Å². The molecule has 0 saturated heterocycles. The van der Waals surface area contributed by atoms with Crippen LogP contribution >= 0.6 is 45.2 Å². The van der Waals surface area contributed by atoms with E-state index >= 15 is 0 Å². The van der Waals surface area contributed by atoms with Crippen LogP contribution in [0.5, 0.6) is 5.75 Å². The highest BCUT2D eigenvalue weighted by atomic mass is 127. The lowest BCUT2D eigenvalue weighted by Gasteiger charge is -2.19. The van der Waals surface area contributed by atoms with Gasteiger partial charge in [-0.05, 0) is 82.9 Å². The number of hydrogen-bond acceptors (Lipinski definition) is 4. The number of aryl methyl sites for hydroxylation is 1. The van der Waals surface area contributed by atoms with Gasteiger partial charge in [0.2, 0.25) is 0 Å². The van der Waals surface area contributed by atoms with E-state index in [1.54, 1.807) is 12.1 Å². The number of likely N-dealkylation sites (N-methyl/N-ethyl adjacent to an activating group) is 1. The molecular formula is C25H29I2NO3. The third kappa shape index (κ3) is 5.82. The standard InChI is InChI=1S/C25H29I2NO3/c1-4-7-11-22-23(18-10-8-9-12-21(18)31-22)24(29)17-15-19(26)25(20(27)16-17)30-14-13-28(5-2)6-3/h8-10,12,15-16H,4-7,11,13-14H2,1-3H3/i9D. The maximum absolute atomic E-state index is 13.6. The van der Waals surface area contributed by atoms with E-state index in [1.165, 1.54) is 0 Å². The summed E-state index contributed by atoms with van der Waals surface area (Å²) in [6, 6.07) is 9.39. The maximum Gasteiger partial charge on any atom is 0.197 e. The molecule has 0 fully saturated rings. The van der Waals surface area contributed by atoms with Crippen molar-refractivity contribution in [1.82, 2.24) is 4.90 Å². The predicted octanol–water partition coefficient (Wildman–Crippen LogP) is 6.94. The lowest BCUT2D eigenvalue weighted by atomic mass is 9.98. The molecule has 0 aliphatic rings. The summed E-state index contributed by atoms with van der Waals surface area (Å²) < 4.78 is 21.9. The van der Waals surface area contributed by atoms with Gasteiger partial charge in [0.05, 0.1) is 14.1 Å². The van der Waals surface area contributed by atoms with E-state index in [1.807, 2.05) is 18.2 Å². The summed E-state index contributed by atoms with van der Waals surface area (Å²) in [6.07, 6.45) is 2.67. The molecule has 3 aromatic rings. The molecule has 0 amide bonds. The lowest BCUT2D eigenvalue weighted by molar-refractivity contribution is 0.103. The Kier molecular flexibility index (Phi) is 8.66. The first-order chi connectivity index (χ1) is 15.4. The molecule has 1 heterocycles. The zero-order chi connectivity index (χ0) is 23.3. The summed E-state index contributed by atoms with van der Waals surface area (Å²) in [5.41, 5.74) is 1.85. The number of unbranched alkanes of at least 4 members (excludes halogenated alkanes) is 1. The van der Waals surface area contributed by atoms with E-state index < -0.39 is 0 Å². The molecule has 3 rings (SSSR count). The van der Waals surface area contributed by atoms with E-state index in [9.17, 15) is 4.79 Å². The largest absolute Gasteiger partial charge is 0.490 e. The summed E-state index contributed by atoms with van der Waals surface area (Å²) in [6.45, 7) is 9.91. The molecule has 1 aromatic heterocycles. The number of carbonyl (C=O) groups is 1. The minimum absolute atomic E-state index is 0.0434. The van der Waals surface area contributed by atoms with Crippen LogP contribution in [0.1, 0.15) is 56.7 Å². The monoisotopic (exact) mass is 646 g/mol. The van der Waals surface area contributed by atoms with Gasteiger partial charge in [-0.2, -0.15) is 0 Å². The van der Waals surface area contributed by atoms with Crippen molar-refractivity contribution in [1.29, 1.82) is 0 Å². The summed E-state index contributed by atoms with van der Waals surface area (Å²) in [5, 5.41) is 0.779. The number of fused-ring (bicyclic) bond motifs is 1. The van der Waals surface area contributed by atoms with Crippen LogP contribution in [-0.4, -0.2) is 36.9 Å². The molecule has 0 spiro atoms. The molecule has 166 valence electrons. The van der Waals surface area contributed by atoms with Crippen molar-refractivity contribution in [3.63, 3.8) is 0 Å². The van der Waals surface area contributed by atoms with Gasteiger partial charge >= 0.3 is 0 Å². The van der Waals surface area contributed by atoms with Crippen LogP contribution < -0.4 is 4.74 Å². The Morgan fingerprint density at radius 2 is 1.87 bits per heavy atom. The van der Waals surface area contributed by atoms with Crippen molar-refractivity contribution >= 4 is 61.9 Å². The molecule has 6 heteroatoms. The topological polar surface area (TPSA) is 42.7 Å². The zero-order valence-corrected chi connectivity index (χ0v) is 22.6. The lowest BCUT2D eigenvalue weighted by Crippen LogP contribution is -2.28. The maximum atomic E-state index is 13.6. The summed E-state index contributed by atoms with van der Waals surface area (Å²) in [5.74, 6) is 1.50. The minimum atomic E-state index is -0.0434. The predicted molar refractivity (Wildman–Crippen MR) is 143 cm³/mol. The van der Waals surface area contributed by atoms with Gasteiger partial charge in [0.15, 0.2) is 5.78 Å². The van der Waals surface area contributed by atoms with Gasteiger partial charge in [-0.15, -0.1) is 0 Å². The van der Waals surface area contributed by atoms with Crippen molar-refractivity contribution in [2.45, 2.75) is 40.0 Å². The number of rotatable bonds is 11. The van der Waals surface area contributed by atoms with Crippen molar-refractivity contribution in [3.8, 4) is 5.75 Å². The second-order valence-corrected chi connectivity index (χ2v) is 9.72. The van der Waals surface area contributed by atoms with E-state index in [2.05, 4.69) is 70.9 Å². The number of ether oxygens (including phenoxy) is 1. The van der Waals surface area contributed by atoms with Crippen LogP contribution in [0.2, 0.25) is 0 Å². The minimum Gasteiger partial charge on any atom is -0.490 e. The fraction of sp³-hybridized carbons (Fsp3) is 0.400. The Morgan fingerprint density at radius 1 is 1.16 bits per heavy atom. The molecule has 31 heavy (non-hydrogen) atoms. The number of hydrogen-bond donors (Lipinski definition) is 0. The zero-order valence-electron chi connectivity index (χ0n) is 19.3. The number of nitrogens with zero attached hydrogens (tertiary/aromatic N) is 1. The Balaban J connectivity index is 1.91. The summed E-state index contributed by atoms with van der Waals surface area (Å²) in [7, 11) is 0. The van der Waals surface area contributed by atoms with Crippen molar-refractivity contribution in [3.05, 3.63) is 60.4 Å². The van der Waals surface area contributed by atoms with Crippen LogP contribution in [0.3, 0.4) is 0 Å². The van der Waals surface area contributed by atoms with Crippen LogP contribution in [0.4, 0.5) is 0 Å². The smallest absolute Gasteiger partial charge is 0.197 e. The van der Waals surface area contributed by atoms with Crippen molar-refractivity contribution < 1.29 is 15.3 Å². The molecule has 0 atom stereocenters. The average Bonchev–Trinajstić information content (AvgIpc) is 3.13. The van der Waals surface area contributed by atoms with E-state index in [-0.39, 0.29) is 5.78 Å². The first kappa shape index (κ1) is 23.0. The number of para-hydroxylation sites is 1. The van der Waals surface area contributed by atoms with Crippen LogP contribution in [-0.2, 0) is 6.42 Å². The number of carbonyl (C=O) groups excluding carboxylic acids is 1. The number of halogens is 2. The molecule has 0 unspecified atom stereocenters. The van der Waals surface area contributed by atoms with Gasteiger partial charge < -0.3 is 14.1 Å². The Bertz CT molecular complexity index is 1070. The first-order valence-corrected chi connectivity index (χ1v) is 13.0.